The Balaban J connectivity index is 2.54. The Hall–Kier alpha value is -1.35. The highest BCUT2D eigenvalue weighted by atomic mass is 35.5. The Morgan fingerprint density at radius 2 is 1.94 bits per heavy atom. The third kappa shape index (κ3) is 2.34. The molecule has 4 heteroatoms. The van der Waals surface area contributed by atoms with E-state index in [4.69, 9.17) is 11.6 Å². The summed E-state index contributed by atoms with van der Waals surface area (Å²) in [7, 11) is 0. The molecule has 1 aromatic carbocycles. The lowest BCUT2D eigenvalue weighted by Gasteiger charge is -2.08. The second kappa shape index (κ2) is 5.32. The van der Waals surface area contributed by atoms with Crippen molar-refractivity contribution in [2.24, 2.45) is 0 Å². The van der Waals surface area contributed by atoms with Gasteiger partial charge in [0.05, 0.1) is 5.69 Å². The van der Waals surface area contributed by atoms with Gasteiger partial charge in [-0.1, -0.05) is 32.0 Å². The number of alkyl halides is 1. The SMILES string of the molecule is CCc1nc(CC)n(-c2ccccc2CCl)n1. The maximum Gasteiger partial charge on any atom is 0.151 e. The minimum absolute atomic E-state index is 0.487. The standard InChI is InChI=1S/C13H16ClN3/c1-3-12-15-13(4-2)17(16-12)11-8-6-5-7-10(11)9-14/h5-8H,3-4,9H2,1-2H3. The zero-order valence-electron chi connectivity index (χ0n) is 10.2. The fourth-order valence-electron chi connectivity index (χ4n) is 1.79. The van der Waals surface area contributed by atoms with Crippen molar-refractivity contribution >= 4 is 11.6 Å². The Bertz CT molecular complexity index is 505. The van der Waals surface area contributed by atoms with Gasteiger partial charge in [-0.15, -0.1) is 11.6 Å². The molecule has 0 unspecified atom stereocenters. The van der Waals surface area contributed by atoms with Crippen LogP contribution in [0.15, 0.2) is 24.3 Å². The van der Waals surface area contributed by atoms with Crippen molar-refractivity contribution in [3.63, 3.8) is 0 Å². The van der Waals surface area contributed by atoms with Gasteiger partial charge in [-0.25, -0.2) is 9.67 Å². The highest BCUT2D eigenvalue weighted by Crippen LogP contribution is 2.18. The van der Waals surface area contributed by atoms with Gasteiger partial charge in [-0.3, -0.25) is 0 Å². The first kappa shape index (κ1) is 12.1. The topological polar surface area (TPSA) is 30.7 Å². The maximum absolute atomic E-state index is 5.96. The molecule has 0 aliphatic rings. The first-order chi connectivity index (χ1) is 8.30. The number of rotatable bonds is 4. The van der Waals surface area contributed by atoms with Gasteiger partial charge in [0, 0.05) is 18.7 Å². The molecule has 0 amide bonds. The first-order valence-corrected chi connectivity index (χ1v) is 6.42. The smallest absolute Gasteiger partial charge is 0.151 e. The van der Waals surface area contributed by atoms with Crippen molar-refractivity contribution in [3.8, 4) is 5.69 Å². The van der Waals surface area contributed by atoms with Crippen LogP contribution in [0.1, 0.15) is 31.1 Å². The van der Waals surface area contributed by atoms with Crippen LogP contribution in [0.5, 0.6) is 0 Å². The average Bonchev–Trinajstić information content (AvgIpc) is 2.81. The molecule has 1 aromatic heterocycles. The second-order valence-electron chi connectivity index (χ2n) is 3.83. The fraction of sp³-hybridized carbons (Fsp3) is 0.385. The van der Waals surface area contributed by atoms with E-state index in [-0.39, 0.29) is 0 Å². The lowest BCUT2D eigenvalue weighted by Crippen LogP contribution is -2.04. The predicted octanol–water partition coefficient (Wildman–Crippen LogP) is 3.13. The minimum Gasteiger partial charge on any atom is -0.217 e. The van der Waals surface area contributed by atoms with E-state index in [2.05, 4.69) is 23.9 Å². The summed E-state index contributed by atoms with van der Waals surface area (Å²) >= 11 is 5.96. The van der Waals surface area contributed by atoms with E-state index in [9.17, 15) is 0 Å². The average molecular weight is 250 g/mol. The van der Waals surface area contributed by atoms with Crippen LogP contribution in [0, 0.1) is 0 Å². The summed E-state index contributed by atoms with van der Waals surface area (Å²) in [5.74, 6) is 2.35. The van der Waals surface area contributed by atoms with Crippen molar-refractivity contribution in [2.75, 3.05) is 0 Å². The molecule has 0 spiro atoms. The summed E-state index contributed by atoms with van der Waals surface area (Å²) in [5.41, 5.74) is 2.11. The zero-order valence-corrected chi connectivity index (χ0v) is 10.9. The minimum atomic E-state index is 0.487. The molecule has 0 bridgehead atoms. The van der Waals surface area contributed by atoms with Crippen LogP contribution in [0.2, 0.25) is 0 Å². The van der Waals surface area contributed by atoms with Crippen LogP contribution in [0.3, 0.4) is 0 Å². The number of aromatic nitrogens is 3. The third-order valence-electron chi connectivity index (χ3n) is 2.71. The van der Waals surface area contributed by atoms with E-state index in [1.54, 1.807) is 0 Å². The third-order valence-corrected chi connectivity index (χ3v) is 3.00. The van der Waals surface area contributed by atoms with E-state index in [0.29, 0.717) is 5.88 Å². The number of hydrogen-bond donors (Lipinski definition) is 0. The normalized spacial score (nSPS) is 10.8. The first-order valence-electron chi connectivity index (χ1n) is 5.89. The van der Waals surface area contributed by atoms with Gasteiger partial charge in [-0.2, -0.15) is 5.10 Å². The summed E-state index contributed by atoms with van der Waals surface area (Å²) in [6.45, 7) is 4.15. The van der Waals surface area contributed by atoms with Gasteiger partial charge in [-0.05, 0) is 11.6 Å². The maximum atomic E-state index is 5.96. The van der Waals surface area contributed by atoms with Gasteiger partial charge >= 0.3 is 0 Å². The molecule has 0 saturated heterocycles. The van der Waals surface area contributed by atoms with Gasteiger partial charge < -0.3 is 0 Å². The van der Waals surface area contributed by atoms with Gasteiger partial charge in [0.25, 0.3) is 0 Å². The quantitative estimate of drug-likeness (QED) is 0.780. The molecule has 2 aromatic rings. The van der Waals surface area contributed by atoms with Gasteiger partial charge in [0.1, 0.15) is 5.82 Å². The van der Waals surface area contributed by atoms with Crippen molar-refractivity contribution in [3.05, 3.63) is 41.5 Å². The molecule has 0 aliphatic heterocycles. The van der Waals surface area contributed by atoms with Crippen molar-refractivity contribution < 1.29 is 0 Å². The van der Waals surface area contributed by atoms with E-state index in [1.807, 2.05) is 28.9 Å². The second-order valence-corrected chi connectivity index (χ2v) is 4.09. The van der Waals surface area contributed by atoms with Crippen LogP contribution in [-0.4, -0.2) is 14.8 Å². The van der Waals surface area contributed by atoms with E-state index in [0.717, 1.165) is 35.7 Å². The lowest BCUT2D eigenvalue weighted by molar-refractivity contribution is 0.785. The van der Waals surface area contributed by atoms with Crippen LogP contribution >= 0.6 is 11.6 Å². The highest BCUT2D eigenvalue weighted by Gasteiger charge is 2.11. The molecule has 0 atom stereocenters. The highest BCUT2D eigenvalue weighted by molar-refractivity contribution is 6.17. The fourth-order valence-corrected chi connectivity index (χ4v) is 2.02. The van der Waals surface area contributed by atoms with Crippen LogP contribution < -0.4 is 0 Å². The molecule has 0 aliphatic carbocycles. The molecule has 1 heterocycles. The van der Waals surface area contributed by atoms with Crippen LogP contribution in [0.25, 0.3) is 5.69 Å². The zero-order chi connectivity index (χ0) is 12.3. The monoisotopic (exact) mass is 249 g/mol. The number of nitrogens with zero attached hydrogens (tertiary/aromatic N) is 3. The summed E-state index contributed by atoms with van der Waals surface area (Å²) in [4.78, 5) is 4.51. The number of para-hydroxylation sites is 1. The van der Waals surface area contributed by atoms with E-state index >= 15 is 0 Å². The Morgan fingerprint density at radius 3 is 2.59 bits per heavy atom. The van der Waals surface area contributed by atoms with Crippen molar-refractivity contribution in [2.45, 2.75) is 32.6 Å². The van der Waals surface area contributed by atoms with Gasteiger partial charge in [0.2, 0.25) is 0 Å². The lowest BCUT2D eigenvalue weighted by atomic mass is 10.2. The van der Waals surface area contributed by atoms with Crippen LogP contribution in [-0.2, 0) is 18.7 Å². The predicted molar refractivity (Wildman–Crippen MR) is 69.7 cm³/mol. The van der Waals surface area contributed by atoms with Crippen LogP contribution in [0.4, 0.5) is 0 Å². The van der Waals surface area contributed by atoms with E-state index < -0.39 is 0 Å². The number of aryl methyl sites for hydroxylation is 2. The summed E-state index contributed by atoms with van der Waals surface area (Å²) in [6, 6.07) is 8.04. The molecule has 17 heavy (non-hydrogen) atoms. The summed E-state index contributed by atoms with van der Waals surface area (Å²) in [5, 5.41) is 4.53. The Labute approximate surface area is 106 Å². The molecule has 2 rings (SSSR count). The number of hydrogen-bond acceptors (Lipinski definition) is 2. The van der Waals surface area contributed by atoms with E-state index in [1.165, 1.54) is 0 Å². The molecule has 90 valence electrons. The van der Waals surface area contributed by atoms with Crippen molar-refractivity contribution in [1.82, 2.24) is 14.8 Å². The molecule has 0 fully saturated rings. The molecule has 0 saturated carbocycles. The van der Waals surface area contributed by atoms with Gasteiger partial charge in [0.15, 0.2) is 5.82 Å². The van der Waals surface area contributed by atoms with Crippen molar-refractivity contribution in [1.29, 1.82) is 0 Å². The molecule has 3 nitrogen and oxygen atoms in total. The number of benzene rings is 1. The largest absolute Gasteiger partial charge is 0.217 e. The summed E-state index contributed by atoms with van der Waals surface area (Å²) in [6.07, 6.45) is 1.71. The molecular weight excluding hydrogens is 234 g/mol. The Kier molecular flexibility index (Phi) is 3.79. The number of halogens is 1. The summed E-state index contributed by atoms with van der Waals surface area (Å²) < 4.78 is 1.91. The Morgan fingerprint density at radius 1 is 1.18 bits per heavy atom. The molecule has 0 N–H and O–H groups in total. The molecule has 0 radical (unpaired) electrons. The molecular formula is C13H16ClN3.